The van der Waals surface area contributed by atoms with E-state index in [1.54, 1.807) is 18.6 Å². The summed E-state index contributed by atoms with van der Waals surface area (Å²) < 4.78 is 21.9. The third-order valence-corrected chi connectivity index (χ3v) is 9.11. The minimum absolute atomic E-state index is 0.00616. The van der Waals surface area contributed by atoms with Gasteiger partial charge < -0.3 is 39.1 Å². The average Bonchev–Trinajstić information content (AvgIpc) is 3.38. The first-order valence-corrected chi connectivity index (χ1v) is 12.5. The molecule has 0 amide bonds. The summed E-state index contributed by atoms with van der Waals surface area (Å²) in [5, 5.41) is 39.9. The van der Waals surface area contributed by atoms with Crippen LogP contribution in [0.1, 0.15) is 57.6 Å². The van der Waals surface area contributed by atoms with Crippen molar-refractivity contribution in [2.24, 2.45) is 22.7 Å². The van der Waals surface area contributed by atoms with Crippen LogP contribution in [-0.2, 0) is 23.8 Å². The van der Waals surface area contributed by atoms with Crippen molar-refractivity contribution in [2.75, 3.05) is 6.61 Å². The van der Waals surface area contributed by atoms with Crippen LogP contribution < -0.4 is 0 Å². The standard InChI is InChI=1S/C26H34O10/c1-25-8-6-15-22(31)34-16(13-7-9-33-12-13)10-26(15,2)18(25)5-3-4-14(25)23(32)36-24-21(30)20(29)19(28)17(11-27)35-24/h4,7,9,12,15-21,24,27-30H,3,5-6,8,10-11H2,1-2H3. The summed E-state index contributed by atoms with van der Waals surface area (Å²) in [5.41, 5.74) is 0.249. The summed E-state index contributed by atoms with van der Waals surface area (Å²) in [5.74, 6) is -1.19. The van der Waals surface area contributed by atoms with Gasteiger partial charge in [-0.1, -0.05) is 19.9 Å². The third-order valence-electron chi connectivity index (χ3n) is 9.11. The number of carbonyl (C=O) groups is 2. The van der Waals surface area contributed by atoms with Gasteiger partial charge in [0.1, 0.15) is 30.5 Å². The molecule has 2 aliphatic carbocycles. The van der Waals surface area contributed by atoms with Gasteiger partial charge >= 0.3 is 11.9 Å². The lowest BCUT2D eigenvalue weighted by atomic mass is 9.45. The van der Waals surface area contributed by atoms with Gasteiger partial charge in [-0.15, -0.1) is 0 Å². The summed E-state index contributed by atoms with van der Waals surface area (Å²) in [6.07, 6.45) is 0.175. The fourth-order valence-corrected chi connectivity index (χ4v) is 7.15. The fourth-order valence-electron chi connectivity index (χ4n) is 7.15. The number of aliphatic hydroxyl groups excluding tert-OH is 4. The van der Waals surface area contributed by atoms with E-state index in [0.717, 1.165) is 12.0 Å². The molecule has 10 heteroatoms. The average molecular weight is 507 g/mol. The normalized spacial score (nSPS) is 44.6. The van der Waals surface area contributed by atoms with Gasteiger partial charge in [0.05, 0.1) is 25.1 Å². The predicted molar refractivity (Wildman–Crippen MR) is 122 cm³/mol. The molecule has 4 aliphatic rings. The molecule has 1 aromatic heterocycles. The number of aliphatic hydroxyl groups is 4. The van der Waals surface area contributed by atoms with Crippen molar-refractivity contribution in [1.29, 1.82) is 0 Å². The second-order valence-electron chi connectivity index (χ2n) is 11.1. The van der Waals surface area contributed by atoms with Crippen LogP contribution in [0.15, 0.2) is 34.7 Å². The number of carbonyl (C=O) groups excluding carboxylic acids is 2. The molecule has 10 atom stereocenters. The zero-order chi connectivity index (χ0) is 25.8. The van der Waals surface area contributed by atoms with E-state index in [-0.39, 0.29) is 17.8 Å². The number of hydrogen-bond acceptors (Lipinski definition) is 10. The van der Waals surface area contributed by atoms with E-state index in [1.807, 2.05) is 13.0 Å². The number of esters is 2. The molecule has 3 fully saturated rings. The van der Waals surface area contributed by atoms with Crippen molar-refractivity contribution in [2.45, 2.75) is 82.8 Å². The van der Waals surface area contributed by atoms with Gasteiger partial charge in [0, 0.05) is 16.6 Å². The van der Waals surface area contributed by atoms with Crippen molar-refractivity contribution in [3.63, 3.8) is 0 Å². The molecule has 1 saturated carbocycles. The highest BCUT2D eigenvalue weighted by Crippen LogP contribution is 2.64. The minimum atomic E-state index is -1.67. The summed E-state index contributed by atoms with van der Waals surface area (Å²) in [7, 11) is 0. The quantitative estimate of drug-likeness (QED) is 0.440. The molecule has 5 rings (SSSR count). The summed E-state index contributed by atoms with van der Waals surface area (Å²) in [4.78, 5) is 26.5. The van der Waals surface area contributed by atoms with Crippen molar-refractivity contribution in [1.82, 2.24) is 0 Å². The maximum atomic E-state index is 13.4. The Morgan fingerprint density at radius 3 is 2.64 bits per heavy atom. The molecule has 0 aromatic carbocycles. The van der Waals surface area contributed by atoms with Crippen LogP contribution in [0.5, 0.6) is 0 Å². The molecule has 3 heterocycles. The number of rotatable bonds is 4. The van der Waals surface area contributed by atoms with E-state index < -0.39 is 60.2 Å². The predicted octanol–water partition coefficient (Wildman–Crippen LogP) is 1.37. The number of fused-ring (bicyclic) bond motifs is 3. The van der Waals surface area contributed by atoms with Gasteiger partial charge in [-0.25, -0.2) is 4.79 Å². The van der Waals surface area contributed by atoms with Gasteiger partial charge in [0.25, 0.3) is 0 Å². The fraction of sp³-hybridized carbons (Fsp3) is 0.692. The molecule has 0 bridgehead atoms. The third kappa shape index (κ3) is 3.90. The van der Waals surface area contributed by atoms with Crippen LogP contribution in [-0.4, -0.2) is 69.7 Å². The molecule has 1 aromatic rings. The molecule has 0 spiro atoms. The smallest absolute Gasteiger partial charge is 0.336 e. The van der Waals surface area contributed by atoms with Gasteiger partial charge in [0.2, 0.25) is 6.29 Å². The monoisotopic (exact) mass is 506 g/mol. The van der Waals surface area contributed by atoms with Gasteiger partial charge in [0.15, 0.2) is 0 Å². The van der Waals surface area contributed by atoms with Crippen LogP contribution in [0.4, 0.5) is 0 Å². The summed E-state index contributed by atoms with van der Waals surface area (Å²) in [6.45, 7) is 3.51. The maximum absolute atomic E-state index is 13.4. The van der Waals surface area contributed by atoms with E-state index in [9.17, 15) is 30.0 Å². The second kappa shape index (κ2) is 9.25. The Bertz CT molecular complexity index is 1020. The van der Waals surface area contributed by atoms with E-state index in [2.05, 4.69) is 6.92 Å². The van der Waals surface area contributed by atoms with E-state index in [4.69, 9.17) is 18.6 Å². The number of hydrogen-bond donors (Lipinski definition) is 4. The Balaban J connectivity index is 1.39. The maximum Gasteiger partial charge on any atom is 0.336 e. The van der Waals surface area contributed by atoms with Crippen LogP contribution in [0.25, 0.3) is 0 Å². The lowest BCUT2D eigenvalue weighted by Gasteiger charge is -2.59. The molecule has 198 valence electrons. The Morgan fingerprint density at radius 1 is 1.17 bits per heavy atom. The van der Waals surface area contributed by atoms with Crippen molar-refractivity contribution < 1.29 is 48.6 Å². The van der Waals surface area contributed by atoms with Crippen molar-refractivity contribution in [3.05, 3.63) is 35.8 Å². The van der Waals surface area contributed by atoms with Crippen LogP contribution in [0, 0.1) is 22.7 Å². The van der Waals surface area contributed by atoms with Gasteiger partial charge in [-0.2, -0.15) is 0 Å². The Labute approximate surface area is 208 Å². The molecular weight excluding hydrogens is 472 g/mol. The first-order valence-electron chi connectivity index (χ1n) is 12.5. The highest BCUT2D eigenvalue weighted by Gasteiger charge is 2.61. The zero-order valence-electron chi connectivity index (χ0n) is 20.4. The van der Waals surface area contributed by atoms with Gasteiger partial charge in [-0.3, -0.25) is 4.79 Å². The largest absolute Gasteiger partial charge is 0.472 e. The van der Waals surface area contributed by atoms with Crippen LogP contribution >= 0.6 is 0 Å². The summed E-state index contributed by atoms with van der Waals surface area (Å²) >= 11 is 0. The van der Waals surface area contributed by atoms with Crippen LogP contribution in [0.3, 0.4) is 0 Å². The molecule has 10 unspecified atom stereocenters. The Morgan fingerprint density at radius 2 is 1.94 bits per heavy atom. The minimum Gasteiger partial charge on any atom is -0.472 e. The highest BCUT2D eigenvalue weighted by atomic mass is 16.7. The van der Waals surface area contributed by atoms with Crippen molar-refractivity contribution in [3.8, 4) is 0 Å². The number of cyclic esters (lactones) is 1. The summed E-state index contributed by atoms with van der Waals surface area (Å²) in [6, 6.07) is 1.80. The molecule has 4 N–H and O–H groups in total. The molecule has 2 saturated heterocycles. The number of allylic oxidation sites excluding steroid dienone is 1. The first kappa shape index (κ1) is 25.4. The molecule has 10 nitrogen and oxygen atoms in total. The molecule has 2 aliphatic heterocycles. The van der Waals surface area contributed by atoms with Crippen LogP contribution in [0.2, 0.25) is 0 Å². The molecular formula is C26H34O10. The van der Waals surface area contributed by atoms with E-state index >= 15 is 0 Å². The highest BCUT2D eigenvalue weighted by molar-refractivity contribution is 5.90. The Hall–Kier alpha value is -2.24. The zero-order valence-corrected chi connectivity index (χ0v) is 20.4. The SMILES string of the molecule is CC12CCC3C(=O)OC(c4ccoc4)CC3(C)C1CCC=C2C(=O)OC1OC(CO)C(O)C(O)C1O. The number of ether oxygens (including phenoxy) is 3. The molecule has 0 radical (unpaired) electrons. The lowest BCUT2D eigenvalue weighted by Crippen LogP contribution is -2.60. The first-order chi connectivity index (χ1) is 17.1. The molecule has 36 heavy (non-hydrogen) atoms. The second-order valence-corrected chi connectivity index (χ2v) is 11.1. The lowest BCUT2D eigenvalue weighted by molar-refractivity contribution is -0.292. The van der Waals surface area contributed by atoms with Gasteiger partial charge in [-0.05, 0) is 49.5 Å². The van der Waals surface area contributed by atoms with E-state index in [1.165, 1.54) is 0 Å². The van der Waals surface area contributed by atoms with Crippen molar-refractivity contribution >= 4 is 11.9 Å². The van der Waals surface area contributed by atoms with E-state index in [0.29, 0.717) is 31.3 Å². The Kier molecular flexibility index (Phi) is 6.53. The number of furan rings is 1. The topological polar surface area (TPSA) is 156 Å².